The minimum absolute atomic E-state index is 0.00447. The van der Waals surface area contributed by atoms with Gasteiger partial charge in [-0.2, -0.15) is 0 Å². The van der Waals surface area contributed by atoms with E-state index in [2.05, 4.69) is 12.1 Å². The van der Waals surface area contributed by atoms with Crippen molar-refractivity contribution in [2.75, 3.05) is 6.54 Å². The van der Waals surface area contributed by atoms with Gasteiger partial charge in [0.1, 0.15) is 0 Å². The Balaban J connectivity index is 2.11. The maximum Gasteiger partial charge on any atom is 0.230 e. The number of hydrogen-bond donors (Lipinski definition) is 1. The molecule has 1 aromatic rings. The summed E-state index contributed by atoms with van der Waals surface area (Å²) in [5, 5.41) is 0. The molecule has 3 nitrogen and oxygen atoms in total. The maximum absolute atomic E-state index is 12.8. The Kier molecular flexibility index (Phi) is 4.25. The Bertz CT molecular complexity index is 432. The Labute approximate surface area is 115 Å². The van der Waals surface area contributed by atoms with Crippen molar-refractivity contribution in [1.82, 2.24) is 4.90 Å². The van der Waals surface area contributed by atoms with Gasteiger partial charge < -0.3 is 10.6 Å². The van der Waals surface area contributed by atoms with Gasteiger partial charge in [0.15, 0.2) is 0 Å². The number of amides is 1. The Morgan fingerprint density at radius 2 is 2.11 bits per heavy atom. The van der Waals surface area contributed by atoms with Crippen LogP contribution in [0.1, 0.15) is 38.7 Å². The van der Waals surface area contributed by atoms with Crippen molar-refractivity contribution < 1.29 is 4.79 Å². The molecule has 0 aromatic heterocycles. The zero-order valence-corrected chi connectivity index (χ0v) is 11.9. The highest BCUT2D eigenvalue weighted by molar-refractivity contribution is 5.83. The average molecular weight is 260 g/mol. The first kappa shape index (κ1) is 14.1. The van der Waals surface area contributed by atoms with Crippen LogP contribution in [0.25, 0.3) is 0 Å². The zero-order chi connectivity index (χ0) is 13.9. The molecule has 2 N–H and O–H groups in total. The molecule has 2 unspecified atom stereocenters. The number of rotatable bonds is 4. The molecular formula is C16H24N2O. The van der Waals surface area contributed by atoms with Crippen LogP contribution in [0.2, 0.25) is 0 Å². The van der Waals surface area contributed by atoms with Crippen LogP contribution in [-0.4, -0.2) is 23.4 Å². The van der Waals surface area contributed by atoms with Crippen LogP contribution in [0.4, 0.5) is 0 Å². The highest BCUT2D eigenvalue weighted by atomic mass is 16.2. The van der Waals surface area contributed by atoms with E-state index in [1.165, 1.54) is 5.56 Å². The number of benzene rings is 1. The third kappa shape index (κ3) is 2.81. The lowest BCUT2D eigenvalue weighted by Gasteiger charge is -2.34. The standard InChI is InChI=1S/C16H24N2O/c1-3-18(12-13-8-5-4-6-9-13)15(19)16(2)11-7-10-14(16)17/h4-6,8-9,14H,3,7,10-12,17H2,1-2H3. The third-order valence-electron chi connectivity index (χ3n) is 4.40. The number of hydrogen-bond acceptors (Lipinski definition) is 2. The van der Waals surface area contributed by atoms with E-state index >= 15 is 0 Å². The van der Waals surface area contributed by atoms with Crippen LogP contribution in [0.3, 0.4) is 0 Å². The summed E-state index contributed by atoms with van der Waals surface area (Å²) in [5.74, 6) is 0.212. The molecule has 0 heterocycles. The van der Waals surface area contributed by atoms with Gasteiger partial charge in [-0.15, -0.1) is 0 Å². The molecule has 1 aliphatic rings. The molecule has 3 heteroatoms. The summed E-state index contributed by atoms with van der Waals surface area (Å²) in [7, 11) is 0. The van der Waals surface area contributed by atoms with E-state index in [0.29, 0.717) is 6.54 Å². The van der Waals surface area contributed by atoms with Crippen molar-refractivity contribution in [3.63, 3.8) is 0 Å². The fourth-order valence-corrected chi connectivity index (χ4v) is 2.95. The quantitative estimate of drug-likeness (QED) is 0.904. The van der Waals surface area contributed by atoms with Crippen LogP contribution < -0.4 is 5.73 Å². The molecular weight excluding hydrogens is 236 g/mol. The van der Waals surface area contributed by atoms with Gasteiger partial charge in [0.05, 0.1) is 5.41 Å². The summed E-state index contributed by atoms with van der Waals surface area (Å²) < 4.78 is 0. The van der Waals surface area contributed by atoms with Crippen LogP contribution in [-0.2, 0) is 11.3 Å². The molecule has 0 aliphatic heterocycles. The average Bonchev–Trinajstić information content (AvgIpc) is 2.77. The molecule has 1 aliphatic carbocycles. The molecule has 1 aromatic carbocycles. The fraction of sp³-hybridized carbons (Fsp3) is 0.562. The minimum atomic E-state index is -0.370. The minimum Gasteiger partial charge on any atom is -0.338 e. The summed E-state index contributed by atoms with van der Waals surface area (Å²) in [6.07, 6.45) is 2.94. The topological polar surface area (TPSA) is 46.3 Å². The van der Waals surface area contributed by atoms with Gasteiger partial charge in [-0.25, -0.2) is 0 Å². The third-order valence-corrected chi connectivity index (χ3v) is 4.40. The Morgan fingerprint density at radius 1 is 1.42 bits per heavy atom. The van der Waals surface area contributed by atoms with Gasteiger partial charge in [0, 0.05) is 19.1 Å². The largest absolute Gasteiger partial charge is 0.338 e. The first-order valence-corrected chi connectivity index (χ1v) is 7.17. The molecule has 1 saturated carbocycles. The molecule has 0 bridgehead atoms. The number of nitrogens with zero attached hydrogens (tertiary/aromatic N) is 1. The SMILES string of the molecule is CCN(Cc1ccccc1)C(=O)C1(C)CCCC1N. The lowest BCUT2D eigenvalue weighted by atomic mass is 9.83. The monoisotopic (exact) mass is 260 g/mol. The first-order chi connectivity index (χ1) is 9.08. The van der Waals surface area contributed by atoms with E-state index < -0.39 is 0 Å². The second kappa shape index (κ2) is 5.74. The fourth-order valence-electron chi connectivity index (χ4n) is 2.95. The number of carbonyl (C=O) groups excluding carboxylic acids is 1. The molecule has 0 radical (unpaired) electrons. The smallest absolute Gasteiger partial charge is 0.230 e. The van der Waals surface area contributed by atoms with Crippen molar-refractivity contribution >= 4 is 5.91 Å². The molecule has 0 spiro atoms. The van der Waals surface area contributed by atoms with E-state index in [1.807, 2.05) is 36.9 Å². The summed E-state index contributed by atoms with van der Waals surface area (Å²) in [5.41, 5.74) is 6.96. The van der Waals surface area contributed by atoms with Crippen molar-refractivity contribution in [1.29, 1.82) is 0 Å². The Hall–Kier alpha value is -1.35. The van der Waals surface area contributed by atoms with E-state index in [1.54, 1.807) is 0 Å². The van der Waals surface area contributed by atoms with Gasteiger partial charge in [-0.3, -0.25) is 4.79 Å². The van der Waals surface area contributed by atoms with Gasteiger partial charge in [-0.1, -0.05) is 36.8 Å². The lowest BCUT2D eigenvalue weighted by molar-refractivity contribution is -0.142. The molecule has 1 fully saturated rings. The number of nitrogens with two attached hydrogens (primary N) is 1. The summed E-state index contributed by atoms with van der Waals surface area (Å²) >= 11 is 0. The molecule has 2 rings (SSSR count). The van der Waals surface area contributed by atoms with Crippen molar-refractivity contribution in [3.05, 3.63) is 35.9 Å². The summed E-state index contributed by atoms with van der Waals surface area (Å²) in [6.45, 7) is 5.47. The van der Waals surface area contributed by atoms with Gasteiger partial charge >= 0.3 is 0 Å². The van der Waals surface area contributed by atoms with E-state index in [4.69, 9.17) is 5.73 Å². The molecule has 104 valence electrons. The lowest BCUT2D eigenvalue weighted by Crippen LogP contribution is -2.48. The van der Waals surface area contributed by atoms with E-state index in [9.17, 15) is 4.79 Å². The molecule has 1 amide bonds. The summed E-state index contributed by atoms with van der Waals surface area (Å²) in [6, 6.07) is 10.1. The van der Waals surface area contributed by atoms with E-state index in [0.717, 1.165) is 25.8 Å². The Morgan fingerprint density at radius 3 is 2.63 bits per heavy atom. The normalized spacial score (nSPS) is 26.4. The van der Waals surface area contributed by atoms with Gasteiger partial charge in [-0.05, 0) is 32.3 Å². The zero-order valence-electron chi connectivity index (χ0n) is 11.9. The predicted molar refractivity (Wildman–Crippen MR) is 77.5 cm³/mol. The molecule has 2 atom stereocenters. The van der Waals surface area contributed by atoms with Gasteiger partial charge in [0.25, 0.3) is 0 Å². The summed E-state index contributed by atoms with van der Waals surface area (Å²) in [4.78, 5) is 14.7. The van der Waals surface area contributed by atoms with Crippen molar-refractivity contribution in [2.24, 2.45) is 11.1 Å². The first-order valence-electron chi connectivity index (χ1n) is 7.17. The van der Waals surface area contributed by atoms with Crippen molar-refractivity contribution in [2.45, 2.75) is 45.7 Å². The van der Waals surface area contributed by atoms with Crippen LogP contribution >= 0.6 is 0 Å². The maximum atomic E-state index is 12.8. The molecule has 19 heavy (non-hydrogen) atoms. The molecule has 0 saturated heterocycles. The van der Waals surface area contributed by atoms with Crippen LogP contribution in [0.5, 0.6) is 0 Å². The van der Waals surface area contributed by atoms with Crippen molar-refractivity contribution in [3.8, 4) is 0 Å². The highest BCUT2D eigenvalue weighted by Crippen LogP contribution is 2.38. The van der Waals surface area contributed by atoms with Crippen LogP contribution in [0, 0.1) is 5.41 Å². The van der Waals surface area contributed by atoms with Gasteiger partial charge in [0.2, 0.25) is 5.91 Å². The number of carbonyl (C=O) groups is 1. The second-order valence-electron chi connectivity index (χ2n) is 5.72. The second-order valence-corrected chi connectivity index (χ2v) is 5.72. The highest BCUT2D eigenvalue weighted by Gasteiger charge is 2.44. The van der Waals surface area contributed by atoms with Crippen LogP contribution in [0.15, 0.2) is 30.3 Å². The van der Waals surface area contributed by atoms with E-state index in [-0.39, 0.29) is 17.4 Å². The predicted octanol–water partition coefficient (Wildman–Crippen LogP) is 2.55.